The monoisotopic (exact) mass is 650 g/mol. The average Bonchev–Trinajstić information content (AvgIpc) is 3.83. The summed E-state index contributed by atoms with van der Waals surface area (Å²) in [6.45, 7) is 0. The van der Waals surface area contributed by atoms with E-state index in [1.807, 2.05) is 0 Å². The maximum absolute atomic E-state index is 5.65. The number of hydrogen-bond acceptors (Lipinski definition) is 2. The summed E-state index contributed by atoms with van der Waals surface area (Å²) in [7, 11) is 0. The third-order valence-electron chi connectivity index (χ3n) is 10.8. The number of hydrogen-bond donors (Lipinski definition) is 0. The largest absolute Gasteiger partial charge is 0.294 e. The zero-order chi connectivity index (χ0) is 33.5. The highest BCUT2D eigenvalue weighted by atomic mass is 15.1. The molecule has 0 unspecified atom stereocenters. The number of fused-ring (bicyclic) bond motifs is 9. The maximum atomic E-state index is 5.65. The Kier molecular flexibility index (Phi) is 5.84. The lowest BCUT2D eigenvalue weighted by Gasteiger charge is -2.32. The number of pyridine rings is 2. The van der Waals surface area contributed by atoms with Gasteiger partial charge in [0.2, 0.25) is 0 Å². The SMILES string of the molecule is c1cc(-n2c3ccccc3c3ccccc32)nc(C2(c3cccc(-n4c5ccccc5c5ccccc54)n3)c3ccccc3-c3ccccc32)c1. The first-order valence-corrected chi connectivity index (χ1v) is 17.4. The van der Waals surface area contributed by atoms with Crippen LogP contribution in [-0.4, -0.2) is 19.1 Å². The van der Waals surface area contributed by atoms with Gasteiger partial charge in [-0.05, 0) is 70.8 Å². The predicted octanol–water partition coefficient (Wildman–Crippen LogP) is 11.0. The molecular formula is C47H30N4. The summed E-state index contributed by atoms with van der Waals surface area (Å²) in [5.74, 6) is 1.76. The van der Waals surface area contributed by atoms with Crippen LogP contribution in [0.3, 0.4) is 0 Å². The Bertz CT molecular complexity index is 2690. The summed E-state index contributed by atoms with van der Waals surface area (Å²) in [4.78, 5) is 11.3. The minimum absolute atomic E-state index is 0.767. The highest BCUT2D eigenvalue weighted by Crippen LogP contribution is 2.55. The summed E-state index contributed by atoms with van der Waals surface area (Å²) < 4.78 is 4.60. The normalized spacial score (nSPS) is 13.3. The Morgan fingerprint density at radius 1 is 0.314 bits per heavy atom. The van der Waals surface area contributed by atoms with Crippen LogP contribution < -0.4 is 0 Å². The van der Waals surface area contributed by atoms with E-state index in [1.54, 1.807) is 0 Å². The molecule has 0 saturated carbocycles. The van der Waals surface area contributed by atoms with E-state index in [1.165, 1.54) is 43.8 Å². The van der Waals surface area contributed by atoms with Crippen LogP contribution in [0, 0.1) is 0 Å². The standard InChI is InChI=1S/C47H30N4/c1-7-21-37-31(15-1)32-16-2-8-22-38(32)47(37,43-27-13-29-45(48-43)50-39-23-9-3-17-33(39)34-18-4-10-24-40(34)50)44-28-14-30-46(49-44)51-41-25-11-5-19-35(41)36-20-6-12-26-42(36)51/h1-30H. The molecule has 51 heavy (non-hydrogen) atoms. The minimum Gasteiger partial charge on any atom is -0.294 e. The van der Waals surface area contributed by atoms with Crippen molar-refractivity contribution < 1.29 is 0 Å². The van der Waals surface area contributed by atoms with Crippen molar-refractivity contribution in [3.63, 3.8) is 0 Å². The molecule has 0 radical (unpaired) electrons. The molecule has 4 heteroatoms. The van der Waals surface area contributed by atoms with E-state index < -0.39 is 5.41 Å². The van der Waals surface area contributed by atoms with Crippen LogP contribution in [0.15, 0.2) is 182 Å². The molecule has 6 aromatic carbocycles. The molecule has 0 fully saturated rings. The van der Waals surface area contributed by atoms with E-state index >= 15 is 0 Å². The molecule has 0 amide bonds. The lowest BCUT2D eigenvalue weighted by molar-refractivity contribution is 0.700. The Hall–Kier alpha value is -6.78. The van der Waals surface area contributed by atoms with Gasteiger partial charge in [-0.1, -0.05) is 133 Å². The number of nitrogens with zero attached hydrogens (tertiary/aromatic N) is 4. The van der Waals surface area contributed by atoms with Gasteiger partial charge >= 0.3 is 0 Å². The topological polar surface area (TPSA) is 35.6 Å². The fourth-order valence-corrected chi connectivity index (χ4v) is 8.77. The van der Waals surface area contributed by atoms with Crippen LogP contribution in [0.4, 0.5) is 0 Å². The highest BCUT2D eigenvalue weighted by molar-refractivity contribution is 6.10. The molecule has 0 aliphatic heterocycles. The lowest BCUT2D eigenvalue weighted by atomic mass is 9.72. The van der Waals surface area contributed by atoms with E-state index in [4.69, 9.17) is 9.97 Å². The summed E-state index contributed by atoms with van der Waals surface area (Å²) >= 11 is 0. The van der Waals surface area contributed by atoms with Crippen molar-refractivity contribution in [1.82, 2.24) is 19.1 Å². The summed E-state index contributed by atoms with van der Waals surface area (Å²) in [5.41, 5.74) is 10.4. The quantitative estimate of drug-likeness (QED) is 0.190. The van der Waals surface area contributed by atoms with Crippen LogP contribution in [-0.2, 0) is 5.41 Å². The number of benzene rings is 6. The molecule has 4 nitrogen and oxygen atoms in total. The van der Waals surface area contributed by atoms with Crippen molar-refractivity contribution in [3.8, 4) is 22.8 Å². The van der Waals surface area contributed by atoms with Gasteiger partial charge in [0.15, 0.2) is 0 Å². The molecule has 0 N–H and O–H groups in total. The third-order valence-corrected chi connectivity index (χ3v) is 10.8. The van der Waals surface area contributed by atoms with E-state index in [0.717, 1.165) is 45.1 Å². The zero-order valence-electron chi connectivity index (χ0n) is 27.6. The molecule has 1 aliphatic rings. The van der Waals surface area contributed by atoms with Crippen molar-refractivity contribution in [1.29, 1.82) is 0 Å². The van der Waals surface area contributed by atoms with Crippen LogP contribution in [0.2, 0.25) is 0 Å². The van der Waals surface area contributed by atoms with Crippen molar-refractivity contribution in [3.05, 3.63) is 205 Å². The second-order valence-corrected chi connectivity index (χ2v) is 13.3. The molecule has 0 saturated heterocycles. The molecule has 10 aromatic rings. The molecule has 1 aliphatic carbocycles. The molecule has 0 bridgehead atoms. The predicted molar refractivity (Wildman–Crippen MR) is 208 cm³/mol. The fraction of sp³-hybridized carbons (Fsp3) is 0.0213. The summed E-state index contributed by atoms with van der Waals surface area (Å²) in [5, 5.41) is 4.86. The van der Waals surface area contributed by atoms with Crippen LogP contribution in [0.5, 0.6) is 0 Å². The van der Waals surface area contributed by atoms with Gasteiger partial charge in [0.05, 0.1) is 33.5 Å². The van der Waals surface area contributed by atoms with E-state index in [2.05, 4.69) is 191 Å². The first kappa shape index (κ1) is 28.1. The van der Waals surface area contributed by atoms with E-state index in [0.29, 0.717) is 0 Å². The van der Waals surface area contributed by atoms with Crippen molar-refractivity contribution in [2.45, 2.75) is 5.41 Å². The fourth-order valence-electron chi connectivity index (χ4n) is 8.77. The molecule has 4 heterocycles. The third kappa shape index (κ3) is 3.79. The van der Waals surface area contributed by atoms with Crippen molar-refractivity contribution >= 4 is 43.6 Å². The second-order valence-electron chi connectivity index (χ2n) is 13.3. The van der Waals surface area contributed by atoms with Gasteiger partial charge in [-0.2, -0.15) is 0 Å². The minimum atomic E-state index is -0.767. The van der Waals surface area contributed by atoms with Crippen LogP contribution in [0.1, 0.15) is 22.5 Å². The Labute approximate surface area is 294 Å². The number of para-hydroxylation sites is 4. The van der Waals surface area contributed by atoms with Gasteiger partial charge in [-0.3, -0.25) is 9.13 Å². The lowest BCUT2D eigenvalue weighted by Crippen LogP contribution is -2.31. The van der Waals surface area contributed by atoms with Crippen molar-refractivity contribution in [2.24, 2.45) is 0 Å². The Morgan fingerprint density at radius 2 is 0.647 bits per heavy atom. The first-order valence-electron chi connectivity index (χ1n) is 17.4. The van der Waals surface area contributed by atoms with Crippen molar-refractivity contribution in [2.75, 3.05) is 0 Å². The van der Waals surface area contributed by atoms with Gasteiger partial charge in [0.1, 0.15) is 17.1 Å². The van der Waals surface area contributed by atoms with Crippen LogP contribution in [0.25, 0.3) is 66.4 Å². The van der Waals surface area contributed by atoms with E-state index in [9.17, 15) is 0 Å². The van der Waals surface area contributed by atoms with Gasteiger partial charge in [-0.25, -0.2) is 9.97 Å². The average molecular weight is 651 g/mol. The molecule has 0 atom stereocenters. The second kappa shape index (κ2) is 10.6. The van der Waals surface area contributed by atoms with E-state index in [-0.39, 0.29) is 0 Å². The summed E-state index contributed by atoms with van der Waals surface area (Å²) in [6.07, 6.45) is 0. The molecular weight excluding hydrogens is 621 g/mol. The number of aromatic nitrogens is 4. The van der Waals surface area contributed by atoms with Gasteiger partial charge < -0.3 is 0 Å². The Balaban J connectivity index is 1.23. The van der Waals surface area contributed by atoms with Crippen LogP contribution >= 0.6 is 0 Å². The molecule has 11 rings (SSSR count). The smallest absolute Gasteiger partial charge is 0.137 e. The number of rotatable bonds is 4. The highest BCUT2D eigenvalue weighted by Gasteiger charge is 2.48. The van der Waals surface area contributed by atoms with Gasteiger partial charge in [0, 0.05) is 21.5 Å². The molecule has 238 valence electrons. The molecule has 4 aromatic heterocycles. The zero-order valence-corrected chi connectivity index (χ0v) is 27.6. The van der Waals surface area contributed by atoms with Gasteiger partial charge in [-0.15, -0.1) is 0 Å². The maximum Gasteiger partial charge on any atom is 0.137 e. The molecule has 0 spiro atoms. The van der Waals surface area contributed by atoms with Gasteiger partial charge in [0.25, 0.3) is 0 Å². The summed E-state index contributed by atoms with van der Waals surface area (Å²) in [6, 6.07) is 65.0. The first-order chi connectivity index (χ1) is 25.3. The Morgan fingerprint density at radius 3 is 1.04 bits per heavy atom.